The molecule has 1 fully saturated rings. The average molecular weight is 229 g/mol. The third-order valence-electron chi connectivity index (χ3n) is 2.74. The zero-order valence-corrected chi connectivity index (χ0v) is 11.6. The number of nitrogens with zero attached hydrogens (tertiary/aromatic N) is 1. The predicted octanol–water partition coefficient (Wildman–Crippen LogP) is 1.20. The van der Waals surface area contributed by atoms with Crippen molar-refractivity contribution in [3.8, 4) is 0 Å². The minimum atomic E-state index is -0.411. The van der Waals surface area contributed by atoms with Crippen LogP contribution in [-0.2, 0) is 0 Å². The first-order valence-electron chi connectivity index (χ1n) is 5.98. The molecule has 0 spiro atoms. The van der Waals surface area contributed by atoms with E-state index in [-0.39, 0.29) is 15.7 Å². The van der Waals surface area contributed by atoms with E-state index in [9.17, 15) is 5.21 Å². The van der Waals surface area contributed by atoms with Crippen molar-refractivity contribution in [1.82, 2.24) is 5.32 Å². The van der Waals surface area contributed by atoms with Gasteiger partial charge in [0.05, 0.1) is 36.3 Å². The summed E-state index contributed by atoms with van der Waals surface area (Å²) in [5.74, 6) is 0. The minimum absolute atomic E-state index is 0.130. The Morgan fingerprint density at radius 2 is 1.56 bits per heavy atom. The first-order chi connectivity index (χ1) is 6.83. The first-order valence-corrected chi connectivity index (χ1v) is 5.98. The van der Waals surface area contributed by atoms with Gasteiger partial charge in [0, 0.05) is 0 Å². The van der Waals surface area contributed by atoms with Crippen LogP contribution in [0.25, 0.3) is 0 Å². The lowest BCUT2D eigenvalue weighted by Crippen LogP contribution is -2.74. The summed E-state index contributed by atoms with van der Waals surface area (Å²) in [6.07, 6.45) is 0. The molecule has 1 saturated heterocycles. The molecule has 1 rings (SSSR count). The zero-order chi connectivity index (χ0) is 12.8. The third kappa shape index (κ3) is 4.01. The highest BCUT2D eigenvalue weighted by Gasteiger charge is 2.44. The fourth-order valence-electron chi connectivity index (χ4n) is 3.35. The quantitative estimate of drug-likeness (QED) is 0.552. The number of nitrogens with two attached hydrogens (primary N) is 1. The molecule has 3 N–H and O–H groups in total. The van der Waals surface area contributed by atoms with E-state index < -0.39 is 5.54 Å². The Morgan fingerprint density at radius 1 is 1.19 bits per heavy atom. The summed E-state index contributed by atoms with van der Waals surface area (Å²) in [4.78, 5) is 0. The van der Waals surface area contributed by atoms with Gasteiger partial charge in [-0.15, -0.1) is 0 Å². The van der Waals surface area contributed by atoms with Gasteiger partial charge >= 0.3 is 0 Å². The molecule has 0 aromatic carbocycles. The van der Waals surface area contributed by atoms with Crippen LogP contribution < -0.4 is 11.1 Å². The highest BCUT2D eigenvalue weighted by Crippen LogP contribution is 2.27. The number of hydrogen-bond acceptors (Lipinski definition) is 3. The molecule has 96 valence electrons. The standard InChI is InChI=1S/C12H27N3O/c1-10(2,13)7-15(16)8-11(3,4)14-12(5,6)9-15/h14H,7-9,13H2,1-6H3. The lowest BCUT2D eigenvalue weighted by molar-refractivity contribution is -0.897. The van der Waals surface area contributed by atoms with Crippen LogP contribution in [0.1, 0.15) is 41.5 Å². The van der Waals surface area contributed by atoms with E-state index in [0.717, 1.165) is 0 Å². The van der Waals surface area contributed by atoms with E-state index in [1.807, 2.05) is 13.8 Å². The Kier molecular flexibility index (Phi) is 3.19. The molecule has 0 saturated carbocycles. The molecule has 0 atom stereocenters. The molecule has 16 heavy (non-hydrogen) atoms. The molecule has 1 aliphatic heterocycles. The SMILES string of the molecule is CC(C)(N)C[N+]1([O-])CC(C)(C)NC(C)(C)C1. The summed E-state index contributed by atoms with van der Waals surface area (Å²) in [7, 11) is 0. The van der Waals surface area contributed by atoms with E-state index in [0.29, 0.717) is 19.6 Å². The maximum atomic E-state index is 12.8. The molecule has 0 aliphatic carbocycles. The van der Waals surface area contributed by atoms with Gasteiger partial charge in [0.2, 0.25) is 0 Å². The molecular formula is C12H27N3O. The number of rotatable bonds is 2. The van der Waals surface area contributed by atoms with Crippen LogP contribution in [0, 0.1) is 5.21 Å². The van der Waals surface area contributed by atoms with Crippen molar-refractivity contribution in [2.24, 2.45) is 5.73 Å². The van der Waals surface area contributed by atoms with E-state index >= 15 is 0 Å². The van der Waals surface area contributed by atoms with Crippen LogP contribution in [0.3, 0.4) is 0 Å². The predicted molar refractivity (Wildman–Crippen MR) is 67.8 cm³/mol. The van der Waals surface area contributed by atoms with Gasteiger partial charge in [-0.05, 0) is 41.5 Å². The summed E-state index contributed by atoms with van der Waals surface area (Å²) in [5, 5.41) is 16.3. The van der Waals surface area contributed by atoms with Crippen LogP contribution >= 0.6 is 0 Å². The lowest BCUT2D eigenvalue weighted by Gasteiger charge is -2.58. The number of hydroxylamine groups is 3. The Bertz CT molecular complexity index is 244. The average Bonchev–Trinajstić information content (AvgIpc) is 1.66. The van der Waals surface area contributed by atoms with Gasteiger partial charge < -0.3 is 15.6 Å². The van der Waals surface area contributed by atoms with Crippen molar-refractivity contribution < 1.29 is 4.65 Å². The minimum Gasteiger partial charge on any atom is -0.633 e. The Hall–Kier alpha value is -0.160. The van der Waals surface area contributed by atoms with Gasteiger partial charge in [-0.25, -0.2) is 0 Å². The smallest absolute Gasteiger partial charge is 0.0964 e. The van der Waals surface area contributed by atoms with Gasteiger partial charge in [-0.2, -0.15) is 0 Å². The zero-order valence-electron chi connectivity index (χ0n) is 11.6. The van der Waals surface area contributed by atoms with Crippen LogP contribution in [0.2, 0.25) is 0 Å². The fraction of sp³-hybridized carbons (Fsp3) is 1.00. The second-order valence-electron chi connectivity index (χ2n) is 7.41. The number of nitrogens with one attached hydrogen (secondary N) is 1. The first kappa shape index (κ1) is 13.9. The lowest BCUT2D eigenvalue weighted by atomic mass is 9.89. The van der Waals surface area contributed by atoms with Gasteiger partial charge in [-0.3, -0.25) is 5.32 Å². The van der Waals surface area contributed by atoms with Crippen molar-refractivity contribution in [1.29, 1.82) is 0 Å². The second-order valence-corrected chi connectivity index (χ2v) is 7.41. The van der Waals surface area contributed by atoms with Crippen molar-refractivity contribution in [2.45, 2.75) is 58.2 Å². The highest BCUT2D eigenvalue weighted by atomic mass is 16.5. The van der Waals surface area contributed by atoms with Crippen LogP contribution in [0.15, 0.2) is 0 Å². The monoisotopic (exact) mass is 229 g/mol. The summed E-state index contributed by atoms with van der Waals surface area (Å²) in [5.41, 5.74) is 5.32. The van der Waals surface area contributed by atoms with E-state index in [1.165, 1.54) is 0 Å². The van der Waals surface area contributed by atoms with Crippen LogP contribution in [-0.4, -0.2) is 40.9 Å². The molecule has 0 radical (unpaired) electrons. The van der Waals surface area contributed by atoms with E-state index in [2.05, 4.69) is 33.0 Å². The molecule has 0 amide bonds. The maximum Gasteiger partial charge on any atom is 0.0964 e. The largest absolute Gasteiger partial charge is 0.633 e. The van der Waals surface area contributed by atoms with Crippen LogP contribution in [0.5, 0.6) is 0 Å². The summed E-state index contributed by atoms with van der Waals surface area (Å²) in [6.45, 7) is 13.8. The molecule has 0 bridgehead atoms. The molecule has 0 unspecified atom stereocenters. The number of quaternary nitrogens is 1. The fourth-order valence-corrected chi connectivity index (χ4v) is 3.35. The topological polar surface area (TPSA) is 61.1 Å². The third-order valence-corrected chi connectivity index (χ3v) is 2.74. The number of piperazine rings is 1. The van der Waals surface area contributed by atoms with Crippen LogP contribution in [0.4, 0.5) is 0 Å². The van der Waals surface area contributed by atoms with Crippen molar-refractivity contribution >= 4 is 0 Å². The van der Waals surface area contributed by atoms with E-state index in [4.69, 9.17) is 5.73 Å². The summed E-state index contributed by atoms with van der Waals surface area (Å²) >= 11 is 0. The van der Waals surface area contributed by atoms with Gasteiger partial charge in [0.1, 0.15) is 0 Å². The summed E-state index contributed by atoms with van der Waals surface area (Å²) < 4.78 is -0.198. The van der Waals surface area contributed by atoms with Crippen molar-refractivity contribution in [3.05, 3.63) is 5.21 Å². The Labute approximate surface area is 99.4 Å². The van der Waals surface area contributed by atoms with E-state index in [1.54, 1.807) is 0 Å². The molecular weight excluding hydrogens is 202 g/mol. The Morgan fingerprint density at radius 3 is 1.88 bits per heavy atom. The molecule has 0 aromatic rings. The van der Waals surface area contributed by atoms with Gasteiger partial charge in [-0.1, -0.05) is 0 Å². The maximum absolute atomic E-state index is 12.8. The van der Waals surface area contributed by atoms with Crippen molar-refractivity contribution in [2.75, 3.05) is 19.6 Å². The highest BCUT2D eigenvalue weighted by molar-refractivity contribution is 4.94. The Balaban J connectivity index is 2.88. The molecule has 1 aliphatic rings. The molecule has 1 heterocycles. The second kappa shape index (κ2) is 3.67. The molecule has 0 aromatic heterocycles. The molecule has 4 heteroatoms. The molecule has 4 nitrogen and oxygen atoms in total. The normalized spacial score (nSPS) is 27.8. The van der Waals surface area contributed by atoms with Gasteiger partial charge in [0.25, 0.3) is 0 Å². The van der Waals surface area contributed by atoms with Crippen molar-refractivity contribution in [3.63, 3.8) is 0 Å². The number of hydrogen-bond donors (Lipinski definition) is 2. The summed E-state index contributed by atoms with van der Waals surface area (Å²) in [6, 6.07) is 0. The van der Waals surface area contributed by atoms with Gasteiger partial charge in [0.15, 0.2) is 0 Å².